The number of thiophene rings is 1. The van der Waals surface area contributed by atoms with E-state index in [2.05, 4.69) is 0 Å². The van der Waals surface area contributed by atoms with Crippen molar-refractivity contribution in [1.29, 1.82) is 0 Å². The van der Waals surface area contributed by atoms with E-state index in [9.17, 15) is 9.50 Å². The number of fused-ring (bicyclic) bond motifs is 5. The zero-order valence-electron chi connectivity index (χ0n) is 11.8. The van der Waals surface area contributed by atoms with Gasteiger partial charge in [-0.15, -0.1) is 11.3 Å². The molecule has 0 bridgehead atoms. The number of hydrogen-bond donors (Lipinski definition) is 1. The van der Waals surface area contributed by atoms with Crippen molar-refractivity contribution in [2.45, 2.75) is 6.10 Å². The number of rotatable bonds is 1. The molecule has 22 heavy (non-hydrogen) atoms. The van der Waals surface area contributed by atoms with Gasteiger partial charge < -0.3 is 9.84 Å². The fourth-order valence-electron chi connectivity index (χ4n) is 3.00. The van der Waals surface area contributed by atoms with Gasteiger partial charge in [0.05, 0.1) is 7.11 Å². The van der Waals surface area contributed by atoms with E-state index in [1.807, 2.05) is 29.6 Å². The van der Waals surface area contributed by atoms with Gasteiger partial charge in [-0.05, 0) is 64.0 Å². The van der Waals surface area contributed by atoms with Crippen LogP contribution in [-0.4, -0.2) is 12.2 Å². The van der Waals surface area contributed by atoms with E-state index in [0.29, 0.717) is 11.3 Å². The van der Waals surface area contributed by atoms with Crippen LogP contribution in [0.1, 0.15) is 17.2 Å². The molecule has 0 fully saturated rings. The maximum atomic E-state index is 13.7. The molecular weight excluding hydrogens is 299 g/mol. The SMILES string of the molecule is COc1ccc2c(c1)C(O)c1ccc(F)cc1-c1ccsc1-2. The molecule has 1 aliphatic rings. The van der Waals surface area contributed by atoms with E-state index in [1.54, 1.807) is 24.5 Å². The van der Waals surface area contributed by atoms with Gasteiger partial charge in [0.2, 0.25) is 0 Å². The molecule has 2 nitrogen and oxygen atoms in total. The third-order valence-electron chi connectivity index (χ3n) is 4.06. The van der Waals surface area contributed by atoms with Crippen LogP contribution in [0.25, 0.3) is 21.6 Å². The molecule has 3 aromatic rings. The summed E-state index contributed by atoms with van der Waals surface area (Å²) >= 11 is 1.59. The van der Waals surface area contributed by atoms with E-state index in [1.165, 1.54) is 12.1 Å². The Labute approximate surface area is 131 Å². The molecule has 2 aromatic carbocycles. The van der Waals surface area contributed by atoms with Crippen molar-refractivity contribution in [3.63, 3.8) is 0 Å². The summed E-state index contributed by atoms with van der Waals surface area (Å²) in [5, 5.41) is 12.8. The summed E-state index contributed by atoms with van der Waals surface area (Å²) < 4.78 is 19.0. The molecule has 1 aliphatic carbocycles. The molecular formula is C18H13FO2S. The first-order chi connectivity index (χ1) is 10.7. The molecule has 0 saturated heterocycles. The summed E-state index contributed by atoms with van der Waals surface area (Å²) in [5.41, 5.74) is 4.18. The molecule has 1 N–H and O–H groups in total. The van der Waals surface area contributed by atoms with Crippen LogP contribution in [0.5, 0.6) is 5.75 Å². The summed E-state index contributed by atoms with van der Waals surface area (Å²) in [6.45, 7) is 0. The third-order valence-corrected chi connectivity index (χ3v) is 5.01. The lowest BCUT2D eigenvalue weighted by molar-refractivity contribution is 0.221. The van der Waals surface area contributed by atoms with Gasteiger partial charge in [-0.1, -0.05) is 6.07 Å². The summed E-state index contributed by atoms with van der Waals surface area (Å²) in [5.74, 6) is 0.396. The topological polar surface area (TPSA) is 29.5 Å². The van der Waals surface area contributed by atoms with Crippen LogP contribution in [-0.2, 0) is 0 Å². The van der Waals surface area contributed by atoms with Gasteiger partial charge >= 0.3 is 0 Å². The molecule has 1 unspecified atom stereocenters. The zero-order chi connectivity index (χ0) is 15.3. The number of aliphatic hydroxyl groups excluding tert-OH is 1. The highest BCUT2D eigenvalue weighted by Crippen LogP contribution is 2.48. The van der Waals surface area contributed by atoms with Crippen LogP contribution in [0, 0.1) is 5.82 Å². The summed E-state index contributed by atoms with van der Waals surface area (Å²) in [7, 11) is 1.60. The summed E-state index contributed by atoms with van der Waals surface area (Å²) in [4.78, 5) is 1.04. The van der Waals surface area contributed by atoms with Gasteiger partial charge in [0.1, 0.15) is 17.7 Å². The molecule has 1 atom stereocenters. The van der Waals surface area contributed by atoms with Crippen molar-refractivity contribution in [2.75, 3.05) is 7.11 Å². The molecule has 1 heterocycles. The molecule has 0 saturated carbocycles. The molecule has 0 spiro atoms. The summed E-state index contributed by atoms with van der Waals surface area (Å²) in [6, 6.07) is 12.2. The van der Waals surface area contributed by atoms with Crippen LogP contribution in [0.2, 0.25) is 0 Å². The maximum absolute atomic E-state index is 13.7. The first-order valence-electron chi connectivity index (χ1n) is 6.92. The number of methoxy groups -OCH3 is 1. The minimum atomic E-state index is -0.805. The van der Waals surface area contributed by atoms with Gasteiger partial charge in [-0.3, -0.25) is 0 Å². The van der Waals surface area contributed by atoms with Gasteiger partial charge in [0, 0.05) is 10.4 Å². The smallest absolute Gasteiger partial charge is 0.123 e. The third kappa shape index (κ3) is 1.88. The number of ether oxygens (including phenoxy) is 1. The minimum Gasteiger partial charge on any atom is -0.497 e. The number of benzene rings is 2. The van der Waals surface area contributed by atoms with Crippen molar-refractivity contribution in [2.24, 2.45) is 0 Å². The highest BCUT2D eigenvalue weighted by molar-refractivity contribution is 7.14. The quantitative estimate of drug-likeness (QED) is 0.710. The minimum absolute atomic E-state index is 0.299. The van der Waals surface area contributed by atoms with Crippen molar-refractivity contribution < 1.29 is 14.2 Å². The van der Waals surface area contributed by atoms with E-state index in [-0.39, 0.29) is 5.82 Å². The van der Waals surface area contributed by atoms with Crippen LogP contribution >= 0.6 is 11.3 Å². The first kappa shape index (κ1) is 13.5. The number of aliphatic hydroxyl groups is 1. The summed E-state index contributed by atoms with van der Waals surface area (Å²) in [6.07, 6.45) is -0.805. The molecule has 4 rings (SSSR count). The Balaban J connectivity index is 2.08. The second-order valence-corrected chi connectivity index (χ2v) is 6.17. The monoisotopic (exact) mass is 312 g/mol. The lowest BCUT2D eigenvalue weighted by Gasteiger charge is -2.15. The highest BCUT2D eigenvalue weighted by Gasteiger charge is 2.27. The number of hydrogen-bond acceptors (Lipinski definition) is 3. The Kier molecular flexibility index (Phi) is 3.03. The Morgan fingerprint density at radius 1 is 1.00 bits per heavy atom. The van der Waals surface area contributed by atoms with Gasteiger partial charge in [0.25, 0.3) is 0 Å². The number of halogens is 1. The van der Waals surface area contributed by atoms with Crippen LogP contribution in [0.4, 0.5) is 4.39 Å². The molecule has 0 amide bonds. The Hall–Kier alpha value is -2.17. The van der Waals surface area contributed by atoms with Crippen LogP contribution in [0.15, 0.2) is 47.8 Å². The lowest BCUT2D eigenvalue weighted by Crippen LogP contribution is -2.02. The predicted molar refractivity (Wildman–Crippen MR) is 85.8 cm³/mol. The van der Waals surface area contributed by atoms with E-state index >= 15 is 0 Å². The van der Waals surface area contributed by atoms with Crippen LogP contribution < -0.4 is 4.74 Å². The van der Waals surface area contributed by atoms with Gasteiger partial charge in [0.15, 0.2) is 0 Å². The average molecular weight is 312 g/mol. The maximum Gasteiger partial charge on any atom is 0.123 e. The van der Waals surface area contributed by atoms with Crippen molar-refractivity contribution >= 4 is 11.3 Å². The second kappa shape index (κ2) is 4.93. The predicted octanol–water partition coefficient (Wildman–Crippen LogP) is 4.62. The Morgan fingerprint density at radius 2 is 1.86 bits per heavy atom. The normalized spacial score (nSPS) is 15.5. The standard InChI is InChI=1S/C18H13FO2S/c1-21-11-3-5-13-16(9-11)17(20)12-4-2-10(19)8-15(12)14-6-7-22-18(13)14/h2-9,17,20H,1H3. The highest BCUT2D eigenvalue weighted by atomic mass is 32.1. The molecule has 0 aliphatic heterocycles. The largest absolute Gasteiger partial charge is 0.497 e. The van der Waals surface area contributed by atoms with E-state index in [0.717, 1.165) is 27.1 Å². The first-order valence-corrected chi connectivity index (χ1v) is 7.80. The van der Waals surface area contributed by atoms with E-state index in [4.69, 9.17) is 4.74 Å². The Morgan fingerprint density at radius 3 is 2.68 bits per heavy atom. The van der Waals surface area contributed by atoms with Gasteiger partial charge in [-0.2, -0.15) is 0 Å². The molecule has 1 aromatic heterocycles. The van der Waals surface area contributed by atoms with E-state index < -0.39 is 6.10 Å². The average Bonchev–Trinajstić information content (AvgIpc) is 2.99. The fraction of sp³-hybridized carbons (Fsp3) is 0.111. The second-order valence-electron chi connectivity index (χ2n) is 5.25. The van der Waals surface area contributed by atoms with Crippen molar-refractivity contribution in [3.05, 3.63) is 64.8 Å². The zero-order valence-corrected chi connectivity index (χ0v) is 12.7. The molecule has 110 valence electrons. The molecule has 0 radical (unpaired) electrons. The van der Waals surface area contributed by atoms with Crippen LogP contribution in [0.3, 0.4) is 0 Å². The fourth-order valence-corrected chi connectivity index (χ4v) is 3.96. The van der Waals surface area contributed by atoms with Gasteiger partial charge in [-0.25, -0.2) is 4.39 Å². The molecule has 4 heteroatoms. The Bertz CT molecular complexity index is 869. The lowest BCUT2D eigenvalue weighted by atomic mass is 9.96. The van der Waals surface area contributed by atoms with Crippen molar-refractivity contribution in [1.82, 2.24) is 0 Å². The van der Waals surface area contributed by atoms with Crippen molar-refractivity contribution in [3.8, 4) is 27.3 Å².